The highest BCUT2D eigenvalue weighted by Gasteiger charge is 2.17. The van der Waals surface area contributed by atoms with Crippen LogP contribution >= 0.6 is 0 Å². The van der Waals surface area contributed by atoms with E-state index in [0.29, 0.717) is 41.5 Å². The molecule has 8 nitrogen and oxygen atoms in total. The van der Waals surface area contributed by atoms with Gasteiger partial charge in [0.25, 0.3) is 0 Å². The van der Waals surface area contributed by atoms with Gasteiger partial charge in [0, 0.05) is 42.3 Å². The monoisotopic (exact) mass is 475 g/mol. The Morgan fingerprint density at radius 2 is 1.54 bits per heavy atom. The highest BCUT2D eigenvalue weighted by molar-refractivity contribution is 5.93. The van der Waals surface area contributed by atoms with Gasteiger partial charge in [0.1, 0.15) is 22.8 Å². The zero-order valence-corrected chi connectivity index (χ0v) is 19.4. The van der Waals surface area contributed by atoms with Gasteiger partial charge in [0.05, 0.1) is 38.6 Å². The Morgan fingerprint density at radius 1 is 0.886 bits per heavy atom. The van der Waals surface area contributed by atoms with E-state index in [1.54, 1.807) is 41.0 Å². The fourth-order valence-corrected chi connectivity index (χ4v) is 3.79. The summed E-state index contributed by atoms with van der Waals surface area (Å²) in [6, 6.07) is 17.7. The van der Waals surface area contributed by atoms with Crippen LogP contribution in [-0.2, 0) is 13.0 Å². The van der Waals surface area contributed by atoms with Crippen LogP contribution in [0.4, 0.5) is 0 Å². The molecule has 0 saturated heterocycles. The maximum atomic E-state index is 12.9. The molecule has 4 aromatic rings. The van der Waals surface area contributed by atoms with Crippen molar-refractivity contribution < 1.29 is 29.2 Å². The van der Waals surface area contributed by atoms with Gasteiger partial charge in [-0.05, 0) is 23.3 Å². The number of hydrogen-bond donors (Lipinski definition) is 2. The number of nitrogens with zero attached hydrogens (tertiary/aromatic N) is 1. The van der Waals surface area contributed by atoms with Crippen LogP contribution in [-0.4, -0.2) is 41.6 Å². The summed E-state index contributed by atoms with van der Waals surface area (Å²) in [6.45, 7) is 0.396. The summed E-state index contributed by atoms with van der Waals surface area (Å²) in [5.74, 6) is 0.258. The third-order valence-corrected chi connectivity index (χ3v) is 5.69. The minimum Gasteiger partial charge on any atom is -0.497 e. The quantitative estimate of drug-likeness (QED) is 0.379. The number of aliphatic hydroxyl groups is 1. The predicted octanol–water partition coefficient (Wildman–Crippen LogP) is 3.82. The number of aromatic carboxylic acids is 1. The van der Waals surface area contributed by atoms with Gasteiger partial charge in [-0.3, -0.25) is 4.79 Å². The van der Waals surface area contributed by atoms with E-state index in [0.717, 1.165) is 11.1 Å². The van der Waals surface area contributed by atoms with E-state index in [-0.39, 0.29) is 17.6 Å². The van der Waals surface area contributed by atoms with Crippen LogP contribution < -0.4 is 19.6 Å². The summed E-state index contributed by atoms with van der Waals surface area (Å²) in [6.07, 6.45) is 1.95. The van der Waals surface area contributed by atoms with Gasteiger partial charge in [-0.25, -0.2) is 4.79 Å². The molecule has 2 N–H and O–H groups in total. The SMILES string of the molecule is COc1cc(OC)cc(-n2cc(C(=O)O)c(=O)c3ccc(OCCc4ccc(CO)cc4)cc32)c1. The van der Waals surface area contributed by atoms with Crippen LogP contribution in [0.5, 0.6) is 17.2 Å². The third-order valence-electron chi connectivity index (χ3n) is 5.69. The first-order valence-corrected chi connectivity index (χ1v) is 10.9. The smallest absolute Gasteiger partial charge is 0.341 e. The first kappa shape index (κ1) is 23.8. The summed E-state index contributed by atoms with van der Waals surface area (Å²) < 4.78 is 18.3. The summed E-state index contributed by atoms with van der Waals surface area (Å²) >= 11 is 0. The minimum absolute atomic E-state index is 0.00166. The molecule has 1 aromatic heterocycles. The molecule has 35 heavy (non-hydrogen) atoms. The zero-order valence-electron chi connectivity index (χ0n) is 19.4. The van der Waals surface area contributed by atoms with Crippen LogP contribution in [0.25, 0.3) is 16.6 Å². The number of ether oxygens (including phenoxy) is 3. The number of carboxylic acids is 1. The molecular formula is C27H25NO7. The third kappa shape index (κ3) is 5.12. The van der Waals surface area contributed by atoms with E-state index < -0.39 is 11.4 Å². The molecule has 4 rings (SSSR count). The van der Waals surface area contributed by atoms with E-state index in [1.807, 2.05) is 24.3 Å². The summed E-state index contributed by atoms with van der Waals surface area (Å²) in [5.41, 5.74) is 2.04. The molecule has 0 aliphatic carbocycles. The molecular weight excluding hydrogens is 450 g/mol. The Labute approximate surface area is 201 Å². The van der Waals surface area contributed by atoms with Crippen molar-refractivity contribution in [2.75, 3.05) is 20.8 Å². The minimum atomic E-state index is -1.31. The standard InChI is InChI=1S/C27H25NO7/c1-33-21-11-19(12-22(13-21)34-2)28-15-24(27(31)32)26(30)23-8-7-20(14-25(23)28)35-10-9-17-3-5-18(16-29)6-4-17/h3-8,11-15,29H,9-10,16H2,1-2H3,(H,31,32). The van der Waals surface area contributed by atoms with Crippen molar-refractivity contribution in [1.29, 1.82) is 0 Å². The summed E-state index contributed by atoms with van der Waals surface area (Å²) in [7, 11) is 3.04. The number of carbonyl (C=O) groups is 1. The van der Waals surface area contributed by atoms with Gasteiger partial charge in [0.15, 0.2) is 0 Å². The maximum absolute atomic E-state index is 12.9. The average Bonchev–Trinajstić information content (AvgIpc) is 2.88. The second kappa shape index (κ2) is 10.3. The van der Waals surface area contributed by atoms with Crippen molar-refractivity contribution in [3.63, 3.8) is 0 Å². The number of hydrogen-bond acceptors (Lipinski definition) is 6. The first-order chi connectivity index (χ1) is 16.9. The lowest BCUT2D eigenvalue weighted by Crippen LogP contribution is -2.18. The predicted molar refractivity (Wildman–Crippen MR) is 131 cm³/mol. The molecule has 0 atom stereocenters. The molecule has 0 fully saturated rings. The number of fused-ring (bicyclic) bond motifs is 1. The van der Waals surface area contributed by atoms with Crippen LogP contribution in [0.1, 0.15) is 21.5 Å². The molecule has 0 aliphatic heterocycles. The number of pyridine rings is 1. The Hall–Kier alpha value is -4.30. The molecule has 8 heteroatoms. The molecule has 1 heterocycles. The number of rotatable bonds is 9. The van der Waals surface area contributed by atoms with Gasteiger partial charge in [-0.15, -0.1) is 0 Å². The summed E-state index contributed by atoms with van der Waals surface area (Å²) in [4.78, 5) is 24.6. The van der Waals surface area contributed by atoms with Gasteiger partial charge in [-0.2, -0.15) is 0 Å². The van der Waals surface area contributed by atoms with Crippen molar-refractivity contribution in [3.05, 3.63) is 93.8 Å². The molecule has 0 bridgehead atoms. The Kier molecular flexibility index (Phi) is 7.03. The number of methoxy groups -OCH3 is 2. The van der Waals surface area contributed by atoms with Crippen LogP contribution in [0, 0.1) is 0 Å². The highest BCUT2D eigenvalue weighted by atomic mass is 16.5. The van der Waals surface area contributed by atoms with Crippen molar-refractivity contribution in [2.24, 2.45) is 0 Å². The fourth-order valence-electron chi connectivity index (χ4n) is 3.79. The van der Waals surface area contributed by atoms with E-state index in [1.165, 1.54) is 20.4 Å². The zero-order chi connectivity index (χ0) is 24.9. The second-order valence-corrected chi connectivity index (χ2v) is 7.87. The molecule has 0 radical (unpaired) electrons. The number of aromatic nitrogens is 1. The maximum Gasteiger partial charge on any atom is 0.341 e. The van der Waals surface area contributed by atoms with Gasteiger partial charge in [-0.1, -0.05) is 24.3 Å². The lowest BCUT2D eigenvalue weighted by Gasteiger charge is -2.16. The molecule has 180 valence electrons. The van der Waals surface area contributed by atoms with Gasteiger partial charge < -0.3 is 29.0 Å². The van der Waals surface area contributed by atoms with Crippen LogP contribution in [0.2, 0.25) is 0 Å². The van der Waals surface area contributed by atoms with E-state index >= 15 is 0 Å². The van der Waals surface area contributed by atoms with Crippen molar-refractivity contribution >= 4 is 16.9 Å². The molecule has 0 spiro atoms. The van der Waals surface area contributed by atoms with Crippen molar-refractivity contribution in [3.8, 4) is 22.9 Å². The van der Waals surface area contributed by atoms with Crippen molar-refractivity contribution in [2.45, 2.75) is 13.0 Å². The Morgan fingerprint density at radius 3 is 2.14 bits per heavy atom. The van der Waals surface area contributed by atoms with Crippen LogP contribution in [0.3, 0.4) is 0 Å². The van der Waals surface area contributed by atoms with Crippen molar-refractivity contribution in [1.82, 2.24) is 4.57 Å². The van der Waals surface area contributed by atoms with E-state index in [4.69, 9.17) is 14.2 Å². The highest BCUT2D eigenvalue weighted by Crippen LogP contribution is 2.28. The topological polar surface area (TPSA) is 107 Å². The molecule has 0 aliphatic rings. The normalized spacial score (nSPS) is 10.8. The lowest BCUT2D eigenvalue weighted by molar-refractivity contribution is 0.0695. The Bertz CT molecular complexity index is 1400. The Balaban J connectivity index is 1.73. The number of benzene rings is 3. The number of aliphatic hydroxyl groups excluding tert-OH is 1. The molecule has 0 unspecified atom stereocenters. The molecule has 0 amide bonds. The van der Waals surface area contributed by atoms with Gasteiger partial charge in [0.2, 0.25) is 5.43 Å². The molecule has 0 saturated carbocycles. The number of carboxylic acid groups (broad SMARTS) is 1. The summed E-state index contributed by atoms with van der Waals surface area (Å²) in [5, 5.41) is 19.0. The van der Waals surface area contributed by atoms with E-state index in [9.17, 15) is 19.8 Å². The largest absolute Gasteiger partial charge is 0.497 e. The first-order valence-electron chi connectivity index (χ1n) is 10.9. The van der Waals surface area contributed by atoms with Crippen LogP contribution in [0.15, 0.2) is 71.7 Å². The second-order valence-electron chi connectivity index (χ2n) is 7.87. The fraction of sp³-hybridized carbons (Fsp3) is 0.185. The average molecular weight is 475 g/mol. The van der Waals surface area contributed by atoms with Gasteiger partial charge >= 0.3 is 5.97 Å². The lowest BCUT2D eigenvalue weighted by atomic mass is 10.1. The molecule has 3 aromatic carbocycles. The van der Waals surface area contributed by atoms with E-state index in [2.05, 4.69) is 0 Å².